The summed E-state index contributed by atoms with van der Waals surface area (Å²) in [5.74, 6) is 1.84. The Hall–Kier alpha value is -0.320. The fourth-order valence-electron chi connectivity index (χ4n) is 1.63. The molecule has 82 valence electrons. The van der Waals surface area contributed by atoms with Crippen LogP contribution in [0.2, 0.25) is 5.02 Å². The standard InChI is InChI=1S/C10H14ClN3S/c11-9-5-13-10(14-6-9)15-7-8-2-1-3-12-4-8/h5-6,8,12H,1-4,7H2. The molecular weight excluding hydrogens is 230 g/mol. The van der Waals surface area contributed by atoms with Gasteiger partial charge in [0.1, 0.15) is 0 Å². The van der Waals surface area contributed by atoms with Gasteiger partial charge in [0, 0.05) is 5.75 Å². The number of nitrogens with one attached hydrogen (secondary N) is 1. The summed E-state index contributed by atoms with van der Waals surface area (Å²) in [7, 11) is 0. The van der Waals surface area contributed by atoms with E-state index in [1.54, 1.807) is 24.2 Å². The molecule has 1 aliphatic heterocycles. The number of hydrogen-bond donors (Lipinski definition) is 1. The van der Waals surface area contributed by atoms with E-state index >= 15 is 0 Å². The van der Waals surface area contributed by atoms with Crippen LogP contribution in [0.25, 0.3) is 0 Å². The van der Waals surface area contributed by atoms with Gasteiger partial charge < -0.3 is 5.32 Å². The fraction of sp³-hybridized carbons (Fsp3) is 0.600. The average molecular weight is 244 g/mol. The van der Waals surface area contributed by atoms with Crippen LogP contribution >= 0.6 is 23.4 Å². The van der Waals surface area contributed by atoms with Crippen LogP contribution in [0.5, 0.6) is 0 Å². The van der Waals surface area contributed by atoms with Crippen molar-refractivity contribution >= 4 is 23.4 Å². The van der Waals surface area contributed by atoms with Crippen molar-refractivity contribution in [1.82, 2.24) is 15.3 Å². The Bertz CT molecular complexity index is 298. The van der Waals surface area contributed by atoms with Crippen LogP contribution in [0.1, 0.15) is 12.8 Å². The maximum Gasteiger partial charge on any atom is 0.187 e. The second kappa shape index (κ2) is 5.68. The van der Waals surface area contributed by atoms with Gasteiger partial charge in [0.2, 0.25) is 0 Å². The third-order valence-corrected chi connectivity index (χ3v) is 3.75. The van der Waals surface area contributed by atoms with E-state index in [-0.39, 0.29) is 0 Å². The highest BCUT2D eigenvalue weighted by Crippen LogP contribution is 2.21. The molecule has 0 radical (unpaired) electrons. The van der Waals surface area contributed by atoms with Gasteiger partial charge in [0.05, 0.1) is 17.4 Å². The first-order chi connectivity index (χ1) is 7.34. The molecule has 15 heavy (non-hydrogen) atoms. The summed E-state index contributed by atoms with van der Waals surface area (Å²) in [6.45, 7) is 2.29. The van der Waals surface area contributed by atoms with E-state index in [1.807, 2.05) is 0 Å². The molecule has 2 rings (SSSR count). The Morgan fingerprint density at radius 1 is 1.47 bits per heavy atom. The Balaban J connectivity index is 1.79. The molecule has 1 aliphatic rings. The summed E-state index contributed by atoms with van der Waals surface area (Å²) in [4.78, 5) is 8.32. The predicted molar refractivity (Wildman–Crippen MR) is 63.4 cm³/mol. The summed E-state index contributed by atoms with van der Waals surface area (Å²) in [6, 6.07) is 0. The van der Waals surface area contributed by atoms with E-state index in [0.717, 1.165) is 23.4 Å². The average Bonchev–Trinajstić information content (AvgIpc) is 2.30. The first-order valence-electron chi connectivity index (χ1n) is 5.15. The minimum atomic E-state index is 0.596. The Labute approximate surface area is 99.0 Å². The molecule has 0 aliphatic carbocycles. The van der Waals surface area contributed by atoms with Crippen LogP contribution in [0.15, 0.2) is 17.6 Å². The zero-order chi connectivity index (χ0) is 10.5. The van der Waals surface area contributed by atoms with Gasteiger partial charge >= 0.3 is 0 Å². The maximum atomic E-state index is 5.72. The van der Waals surface area contributed by atoms with Crippen molar-refractivity contribution in [3.8, 4) is 0 Å². The molecule has 3 nitrogen and oxygen atoms in total. The molecule has 2 heterocycles. The number of nitrogens with zero attached hydrogens (tertiary/aromatic N) is 2. The van der Waals surface area contributed by atoms with Crippen LogP contribution in [0.4, 0.5) is 0 Å². The summed E-state index contributed by atoms with van der Waals surface area (Å²) in [6.07, 6.45) is 5.90. The van der Waals surface area contributed by atoms with Crippen molar-refractivity contribution in [2.45, 2.75) is 18.0 Å². The third-order valence-electron chi connectivity index (χ3n) is 2.44. The molecule has 1 N–H and O–H groups in total. The summed E-state index contributed by atoms with van der Waals surface area (Å²) in [5.41, 5.74) is 0. The number of hydrogen-bond acceptors (Lipinski definition) is 4. The Morgan fingerprint density at radius 3 is 2.93 bits per heavy atom. The van der Waals surface area contributed by atoms with Gasteiger partial charge in [0.15, 0.2) is 5.16 Å². The van der Waals surface area contributed by atoms with Gasteiger partial charge in [-0.05, 0) is 31.8 Å². The van der Waals surface area contributed by atoms with Crippen LogP contribution in [0.3, 0.4) is 0 Å². The molecule has 1 aromatic rings. The highest BCUT2D eigenvalue weighted by molar-refractivity contribution is 7.99. The zero-order valence-corrected chi connectivity index (χ0v) is 10.0. The first-order valence-corrected chi connectivity index (χ1v) is 6.52. The zero-order valence-electron chi connectivity index (χ0n) is 8.45. The topological polar surface area (TPSA) is 37.8 Å². The van der Waals surface area contributed by atoms with E-state index < -0.39 is 0 Å². The SMILES string of the molecule is Clc1cnc(SCC2CCCNC2)nc1. The highest BCUT2D eigenvalue weighted by Gasteiger charge is 2.13. The lowest BCUT2D eigenvalue weighted by Crippen LogP contribution is -2.30. The Kier molecular flexibility index (Phi) is 4.23. The molecule has 1 aromatic heterocycles. The van der Waals surface area contributed by atoms with Crippen LogP contribution in [-0.4, -0.2) is 28.8 Å². The number of thioether (sulfide) groups is 1. The van der Waals surface area contributed by atoms with Gasteiger partial charge in [-0.3, -0.25) is 0 Å². The van der Waals surface area contributed by atoms with Crippen molar-refractivity contribution in [1.29, 1.82) is 0 Å². The number of rotatable bonds is 3. The van der Waals surface area contributed by atoms with Crippen LogP contribution in [0, 0.1) is 5.92 Å². The normalized spacial score (nSPS) is 21.5. The monoisotopic (exact) mass is 243 g/mol. The van der Waals surface area contributed by atoms with E-state index in [9.17, 15) is 0 Å². The van der Waals surface area contributed by atoms with E-state index in [0.29, 0.717) is 5.02 Å². The second-order valence-electron chi connectivity index (χ2n) is 3.71. The fourth-order valence-corrected chi connectivity index (χ4v) is 2.65. The Morgan fingerprint density at radius 2 is 2.27 bits per heavy atom. The third kappa shape index (κ3) is 3.63. The largest absolute Gasteiger partial charge is 0.316 e. The van der Waals surface area contributed by atoms with E-state index in [2.05, 4.69) is 15.3 Å². The lowest BCUT2D eigenvalue weighted by molar-refractivity contribution is 0.410. The highest BCUT2D eigenvalue weighted by atomic mass is 35.5. The minimum Gasteiger partial charge on any atom is -0.316 e. The molecule has 1 unspecified atom stereocenters. The molecule has 1 atom stereocenters. The van der Waals surface area contributed by atoms with Crippen molar-refractivity contribution < 1.29 is 0 Å². The molecule has 0 aromatic carbocycles. The lowest BCUT2D eigenvalue weighted by Gasteiger charge is -2.21. The molecule has 0 saturated carbocycles. The molecule has 0 spiro atoms. The summed E-state index contributed by atoms with van der Waals surface area (Å²) in [5, 5.41) is 4.83. The van der Waals surface area contributed by atoms with Crippen molar-refractivity contribution in [3.05, 3.63) is 17.4 Å². The van der Waals surface area contributed by atoms with Gasteiger partial charge in [-0.2, -0.15) is 0 Å². The predicted octanol–water partition coefficient (Wildman–Crippen LogP) is 2.22. The number of piperidine rings is 1. The van der Waals surface area contributed by atoms with E-state index in [4.69, 9.17) is 11.6 Å². The number of halogens is 1. The molecule has 0 amide bonds. The molecule has 0 bridgehead atoms. The van der Waals surface area contributed by atoms with E-state index in [1.165, 1.54) is 19.4 Å². The van der Waals surface area contributed by atoms with Gasteiger partial charge in [-0.1, -0.05) is 23.4 Å². The molecule has 5 heteroatoms. The first kappa shape index (κ1) is 11.2. The molecular formula is C10H14ClN3S. The van der Waals surface area contributed by atoms with Gasteiger partial charge in [-0.25, -0.2) is 9.97 Å². The van der Waals surface area contributed by atoms with Gasteiger partial charge in [-0.15, -0.1) is 0 Å². The van der Waals surface area contributed by atoms with Crippen molar-refractivity contribution in [2.24, 2.45) is 5.92 Å². The minimum absolute atomic E-state index is 0.596. The van der Waals surface area contributed by atoms with Crippen molar-refractivity contribution in [3.63, 3.8) is 0 Å². The summed E-state index contributed by atoms with van der Waals surface area (Å²) >= 11 is 7.43. The smallest absolute Gasteiger partial charge is 0.187 e. The van der Waals surface area contributed by atoms with Gasteiger partial charge in [0.25, 0.3) is 0 Å². The quantitative estimate of drug-likeness (QED) is 0.653. The lowest BCUT2D eigenvalue weighted by atomic mass is 10.0. The second-order valence-corrected chi connectivity index (χ2v) is 5.13. The van der Waals surface area contributed by atoms with Crippen LogP contribution in [-0.2, 0) is 0 Å². The maximum absolute atomic E-state index is 5.72. The van der Waals surface area contributed by atoms with Crippen LogP contribution < -0.4 is 5.32 Å². The molecule has 1 fully saturated rings. The summed E-state index contributed by atoms with van der Waals surface area (Å²) < 4.78 is 0. The van der Waals surface area contributed by atoms with Crippen molar-refractivity contribution in [2.75, 3.05) is 18.8 Å². The number of aromatic nitrogens is 2. The molecule has 1 saturated heterocycles.